The lowest BCUT2D eigenvalue weighted by atomic mass is 9.89. The first kappa shape index (κ1) is 32.1. The van der Waals surface area contributed by atoms with Crippen LogP contribution in [0.1, 0.15) is 70.1 Å². The average molecular weight is 603 g/mol. The van der Waals surface area contributed by atoms with Gasteiger partial charge in [-0.3, -0.25) is 9.46 Å². The first-order chi connectivity index (χ1) is 19.7. The van der Waals surface area contributed by atoms with Crippen LogP contribution in [0.3, 0.4) is 0 Å². The quantitative estimate of drug-likeness (QED) is 0.196. The van der Waals surface area contributed by atoms with E-state index in [0.29, 0.717) is 29.3 Å². The molecule has 0 amide bonds. The molecule has 10 heteroatoms. The molecule has 2 aromatic carbocycles. The Balaban J connectivity index is 1.64. The summed E-state index contributed by atoms with van der Waals surface area (Å²) in [6.45, 7) is 10.3. The van der Waals surface area contributed by atoms with E-state index in [9.17, 15) is 18.7 Å². The van der Waals surface area contributed by atoms with Crippen LogP contribution in [0.5, 0.6) is 11.6 Å². The number of methoxy groups -OCH3 is 1. The molecular weight excluding hydrogens is 561 g/mol. The predicted molar refractivity (Wildman–Crippen MR) is 160 cm³/mol. The zero-order valence-corrected chi connectivity index (χ0v) is 25.9. The third-order valence-corrected chi connectivity index (χ3v) is 9.45. The first-order valence-electron chi connectivity index (χ1n) is 14.3. The highest BCUT2D eigenvalue weighted by Gasteiger charge is 2.55. The van der Waals surface area contributed by atoms with Crippen molar-refractivity contribution in [2.75, 3.05) is 7.11 Å². The minimum atomic E-state index is -5.00. The molecular formula is C32H41F2N2O5P. The molecule has 2 atom stereocenters. The predicted octanol–water partition coefficient (Wildman–Crippen LogP) is 7.45. The summed E-state index contributed by atoms with van der Waals surface area (Å²) in [5, 5.41) is -2.68. The van der Waals surface area contributed by atoms with Crippen molar-refractivity contribution < 1.29 is 32.6 Å². The van der Waals surface area contributed by atoms with E-state index in [-0.39, 0.29) is 24.6 Å². The molecule has 0 spiro atoms. The monoisotopic (exact) mass is 602 g/mol. The van der Waals surface area contributed by atoms with Crippen molar-refractivity contribution >= 4 is 7.60 Å². The van der Waals surface area contributed by atoms with Crippen LogP contribution in [0.4, 0.5) is 8.78 Å². The van der Waals surface area contributed by atoms with Gasteiger partial charge in [-0.2, -0.15) is 0 Å². The number of aromatic nitrogens is 1. The Morgan fingerprint density at radius 3 is 2.36 bits per heavy atom. The molecule has 1 aliphatic rings. The minimum absolute atomic E-state index is 0.130. The zero-order valence-electron chi connectivity index (χ0n) is 25.1. The summed E-state index contributed by atoms with van der Waals surface area (Å²) in [4.78, 5) is 25.8. The summed E-state index contributed by atoms with van der Waals surface area (Å²) >= 11 is 0. The highest BCUT2D eigenvalue weighted by Crippen LogP contribution is 2.63. The third-order valence-electron chi connectivity index (χ3n) is 8.03. The number of hydrogen-bond donors (Lipinski definition) is 2. The Labute approximate surface area is 247 Å². The molecule has 0 unspecified atom stereocenters. The summed E-state index contributed by atoms with van der Waals surface area (Å²) < 4.78 is 53.9. The van der Waals surface area contributed by atoms with E-state index in [1.807, 2.05) is 18.2 Å². The fourth-order valence-corrected chi connectivity index (χ4v) is 6.33. The third kappa shape index (κ3) is 7.20. The van der Waals surface area contributed by atoms with Gasteiger partial charge in [0.1, 0.15) is 18.2 Å². The lowest BCUT2D eigenvalue weighted by Crippen LogP contribution is -2.36. The van der Waals surface area contributed by atoms with Gasteiger partial charge in [-0.15, -0.1) is 0 Å². The highest BCUT2D eigenvalue weighted by molar-refractivity contribution is 7.53. The number of benzene rings is 2. The standard InChI is InChI=1S/C32H41F2N2O5P/c1-20(2)36(21(3)4)18-25-14-22(10-13-27(25)28-16-30(40-6)35-17-29(28)33)19-41-26-9-7-8-24(15-26)31(23-11-12-23)32(5,34)42(37,38)39/h7-10,13-17,20-21,23,31H,11-12,18-19H2,1-6H3,(H2,37,38,39)/t31-,32-/m0/s1. The van der Waals surface area contributed by atoms with Crippen molar-refractivity contribution in [3.63, 3.8) is 0 Å². The average Bonchev–Trinajstić information content (AvgIpc) is 3.75. The molecule has 228 valence electrons. The summed E-state index contributed by atoms with van der Waals surface area (Å²) in [7, 11) is -3.51. The normalized spacial score (nSPS) is 16.1. The molecule has 42 heavy (non-hydrogen) atoms. The number of nitrogens with zero attached hydrogens (tertiary/aromatic N) is 2. The fourth-order valence-electron chi connectivity index (χ4n) is 5.61. The smallest absolute Gasteiger partial charge is 0.362 e. The van der Waals surface area contributed by atoms with Crippen molar-refractivity contribution in [2.24, 2.45) is 5.92 Å². The largest absolute Gasteiger partial charge is 0.489 e. The maximum Gasteiger partial charge on any atom is 0.362 e. The zero-order chi connectivity index (χ0) is 30.8. The Hall–Kier alpha value is -2.84. The molecule has 1 saturated carbocycles. The number of rotatable bonds is 13. The summed E-state index contributed by atoms with van der Waals surface area (Å²) in [6, 6.07) is 14.7. The molecule has 0 saturated heterocycles. The van der Waals surface area contributed by atoms with Crippen molar-refractivity contribution in [3.8, 4) is 22.8 Å². The van der Waals surface area contributed by atoms with Gasteiger partial charge < -0.3 is 19.3 Å². The van der Waals surface area contributed by atoms with Gasteiger partial charge in [0, 0.05) is 36.2 Å². The molecule has 1 heterocycles. The van der Waals surface area contributed by atoms with Crippen LogP contribution in [-0.4, -0.2) is 44.3 Å². The topological polar surface area (TPSA) is 92.1 Å². The number of pyridine rings is 1. The van der Waals surface area contributed by atoms with Crippen LogP contribution < -0.4 is 9.47 Å². The Morgan fingerprint density at radius 1 is 1.07 bits per heavy atom. The molecule has 0 aliphatic heterocycles. The maximum absolute atomic E-state index is 15.5. The van der Waals surface area contributed by atoms with Crippen LogP contribution in [0.25, 0.3) is 11.1 Å². The molecule has 1 aromatic heterocycles. The van der Waals surface area contributed by atoms with E-state index >= 15 is 4.39 Å². The van der Waals surface area contributed by atoms with E-state index in [1.165, 1.54) is 7.11 Å². The highest BCUT2D eigenvalue weighted by atomic mass is 31.2. The van der Waals surface area contributed by atoms with E-state index in [0.717, 1.165) is 42.7 Å². The van der Waals surface area contributed by atoms with Gasteiger partial charge in [0.25, 0.3) is 0 Å². The van der Waals surface area contributed by atoms with Crippen LogP contribution in [0.2, 0.25) is 0 Å². The van der Waals surface area contributed by atoms with Gasteiger partial charge in [0.05, 0.1) is 13.3 Å². The summed E-state index contributed by atoms with van der Waals surface area (Å²) in [5.74, 6) is -0.713. The van der Waals surface area contributed by atoms with Gasteiger partial charge in [-0.1, -0.05) is 30.3 Å². The SMILES string of the molecule is COc1cc(-c2ccc(COc3cccc([C@H](C4CC4)[C@@](C)(F)P(=O)(O)O)c3)cc2CN(C(C)C)C(C)C)c(F)cn1. The maximum atomic E-state index is 15.5. The minimum Gasteiger partial charge on any atom is -0.489 e. The lowest BCUT2D eigenvalue weighted by molar-refractivity contribution is 0.166. The van der Waals surface area contributed by atoms with Crippen molar-refractivity contribution in [1.29, 1.82) is 0 Å². The molecule has 4 rings (SSSR count). The molecule has 0 radical (unpaired) electrons. The molecule has 3 aromatic rings. The van der Waals surface area contributed by atoms with E-state index in [1.54, 1.807) is 30.3 Å². The number of hydrogen-bond acceptors (Lipinski definition) is 5. The van der Waals surface area contributed by atoms with Crippen molar-refractivity contribution in [2.45, 2.75) is 84.0 Å². The second-order valence-corrected chi connectivity index (χ2v) is 13.8. The molecule has 2 N–H and O–H groups in total. The van der Waals surface area contributed by atoms with E-state index in [4.69, 9.17) is 9.47 Å². The van der Waals surface area contributed by atoms with Crippen molar-refractivity contribution in [3.05, 3.63) is 77.2 Å². The van der Waals surface area contributed by atoms with Crippen LogP contribution in [-0.2, 0) is 17.7 Å². The van der Waals surface area contributed by atoms with Gasteiger partial charge in [0.15, 0.2) is 0 Å². The van der Waals surface area contributed by atoms with E-state index in [2.05, 4.69) is 37.6 Å². The second-order valence-electron chi connectivity index (χ2n) is 11.8. The van der Waals surface area contributed by atoms with Gasteiger partial charge >= 0.3 is 7.60 Å². The molecule has 1 aliphatic carbocycles. The fraction of sp³-hybridized carbons (Fsp3) is 0.469. The van der Waals surface area contributed by atoms with Gasteiger partial charge in [0.2, 0.25) is 11.3 Å². The molecule has 7 nitrogen and oxygen atoms in total. The Bertz CT molecular complexity index is 1430. The van der Waals surface area contributed by atoms with Gasteiger partial charge in [-0.25, -0.2) is 13.8 Å². The van der Waals surface area contributed by atoms with Crippen LogP contribution in [0, 0.1) is 11.7 Å². The van der Waals surface area contributed by atoms with Crippen LogP contribution in [0.15, 0.2) is 54.7 Å². The van der Waals surface area contributed by atoms with Crippen molar-refractivity contribution in [1.82, 2.24) is 9.88 Å². The first-order valence-corrected chi connectivity index (χ1v) is 15.9. The van der Waals surface area contributed by atoms with Gasteiger partial charge in [-0.05, 0) is 87.8 Å². The Morgan fingerprint density at radius 2 is 1.76 bits per heavy atom. The summed E-state index contributed by atoms with van der Waals surface area (Å²) in [5.41, 5.74) is 3.42. The molecule has 0 bridgehead atoms. The number of ether oxygens (including phenoxy) is 2. The van der Waals surface area contributed by atoms with Crippen LogP contribution >= 0.6 is 7.60 Å². The lowest BCUT2D eigenvalue weighted by Gasteiger charge is -2.32. The van der Waals surface area contributed by atoms with E-state index < -0.39 is 24.7 Å². The second kappa shape index (κ2) is 12.8. The number of halogens is 2. The summed E-state index contributed by atoms with van der Waals surface area (Å²) in [6.07, 6.45) is 2.60. The Kier molecular flexibility index (Phi) is 9.78. The molecule has 1 fully saturated rings. The number of alkyl halides is 1.